The lowest BCUT2D eigenvalue weighted by Gasteiger charge is -2.30. The highest BCUT2D eigenvalue weighted by Crippen LogP contribution is 2.42. The summed E-state index contributed by atoms with van der Waals surface area (Å²) >= 11 is 1.72. The van der Waals surface area contributed by atoms with E-state index in [0.29, 0.717) is 18.6 Å². The molecule has 4 N–H and O–H groups in total. The minimum atomic E-state index is -0.156. The molecule has 184 valence electrons. The summed E-state index contributed by atoms with van der Waals surface area (Å²) < 4.78 is 11.0. The molecule has 2 aliphatic heterocycles. The fourth-order valence-corrected chi connectivity index (χ4v) is 5.81. The van der Waals surface area contributed by atoms with E-state index >= 15 is 0 Å². The van der Waals surface area contributed by atoms with Gasteiger partial charge in [0, 0.05) is 36.6 Å². The zero-order valence-corrected chi connectivity index (χ0v) is 20.9. The molecule has 0 amide bonds. The van der Waals surface area contributed by atoms with E-state index in [1.54, 1.807) is 23.7 Å². The number of anilines is 3. The lowest BCUT2D eigenvalue weighted by atomic mass is 9.93. The number of fused-ring (bicyclic) bond motifs is 3. The van der Waals surface area contributed by atoms with Crippen molar-refractivity contribution in [1.82, 2.24) is 25.5 Å². The van der Waals surface area contributed by atoms with Crippen LogP contribution in [0.1, 0.15) is 56.4 Å². The van der Waals surface area contributed by atoms with Crippen LogP contribution in [0.2, 0.25) is 0 Å². The van der Waals surface area contributed by atoms with Gasteiger partial charge in [-0.3, -0.25) is 5.10 Å². The first kappa shape index (κ1) is 23.5. The van der Waals surface area contributed by atoms with Gasteiger partial charge in [0.1, 0.15) is 10.6 Å². The molecule has 0 aromatic carbocycles. The highest BCUT2D eigenvalue weighted by molar-refractivity contribution is 7.19. The number of ether oxygens (including phenoxy) is 2. The fraction of sp³-hybridized carbons (Fsp3) is 0.625. The van der Waals surface area contributed by atoms with Crippen LogP contribution >= 0.6 is 11.3 Å². The maximum absolute atomic E-state index is 6.04. The van der Waals surface area contributed by atoms with Crippen LogP contribution < -0.4 is 16.0 Å². The molecule has 1 saturated heterocycles. The van der Waals surface area contributed by atoms with Gasteiger partial charge in [-0.1, -0.05) is 19.3 Å². The van der Waals surface area contributed by atoms with E-state index in [1.807, 2.05) is 0 Å². The highest BCUT2D eigenvalue weighted by atomic mass is 32.1. The van der Waals surface area contributed by atoms with E-state index in [4.69, 9.17) is 19.4 Å². The number of aromatic nitrogens is 4. The average Bonchev–Trinajstić information content (AvgIpc) is 3.48. The summed E-state index contributed by atoms with van der Waals surface area (Å²) in [4.78, 5) is 12.0. The summed E-state index contributed by atoms with van der Waals surface area (Å²) in [5.74, 6) is 1.56. The van der Waals surface area contributed by atoms with Crippen LogP contribution in [0.3, 0.4) is 0 Å². The molecule has 0 radical (unpaired) electrons. The molecule has 3 aliphatic rings. The molecule has 0 atom stereocenters. The minimum absolute atomic E-state index is 0.156. The van der Waals surface area contributed by atoms with Gasteiger partial charge in [-0.25, -0.2) is 4.98 Å². The second-order valence-electron chi connectivity index (χ2n) is 9.76. The Morgan fingerprint density at radius 1 is 1.12 bits per heavy atom. The smallest absolute Gasteiger partial charge is 0.230 e. The molecule has 0 spiro atoms. The summed E-state index contributed by atoms with van der Waals surface area (Å²) in [6.45, 7) is 8.80. The summed E-state index contributed by atoms with van der Waals surface area (Å²) in [7, 11) is 0. The first-order valence-electron chi connectivity index (χ1n) is 12.3. The van der Waals surface area contributed by atoms with Gasteiger partial charge in [0.2, 0.25) is 5.95 Å². The van der Waals surface area contributed by atoms with Crippen molar-refractivity contribution in [1.29, 1.82) is 0 Å². The zero-order valence-electron chi connectivity index (χ0n) is 20.1. The molecule has 10 heteroatoms. The van der Waals surface area contributed by atoms with Crippen LogP contribution in [0.15, 0.2) is 12.4 Å². The van der Waals surface area contributed by atoms with Gasteiger partial charge in [0.15, 0.2) is 0 Å². The average molecular weight is 486 g/mol. The molecule has 2 fully saturated rings. The summed E-state index contributed by atoms with van der Waals surface area (Å²) in [6.07, 6.45) is 10.7. The number of hydrogen-bond acceptors (Lipinski definition) is 9. The molecular weight excluding hydrogens is 450 g/mol. The minimum Gasteiger partial charge on any atom is -0.379 e. The van der Waals surface area contributed by atoms with E-state index in [1.165, 1.54) is 47.9 Å². The number of nitrogens with zero attached hydrogens (tertiary/aromatic N) is 3. The lowest BCUT2D eigenvalue weighted by Crippen LogP contribution is -2.31. The molecule has 5 heterocycles. The van der Waals surface area contributed by atoms with Crippen molar-refractivity contribution < 1.29 is 9.47 Å². The molecule has 1 aliphatic carbocycles. The van der Waals surface area contributed by atoms with Gasteiger partial charge in [-0.05, 0) is 32.3 Å². The van der Waals surface area contributed by atoms with E-state index in [2.05, 4.69) is 40.0 Å². The Morgan fingerprint density at radius 2 is 1.94 bits per heavy atom. The van der Waals surface area contributed by atoms with Crippen molar-refractivity contribution in [2.45, 2.75) is 70.6 Å². The Bertz CT molecular complexity index is 1060. The fourth-order valence-electron chi connectivity index (χ4n) is 4.71. The predicted molar refractivity (Wildman–Crippen MR) is 136 cm³/mol. The molecule has 0 bridgehead atoms. The molecule has 0 unspecified atom stereocenters. The third kappa shape index (κ3) is 5.68. The SMILES string of the molecule is C1COCCN1.CC1(C)Cc2c(sc3nc(Nc4cn[nH]c4)nc(NC4CCCCC4)c23)CO1. The largest absolute Gasteiger partial charge is 0.379 e. The van der Waals surface area contributed by atoms with Crippen LogP contribution in [0.25, 0.3) is 10.2 Å². The Morgan fingerprint density at radius 3 is 2.62 bits per heavy atom. The molecule has 34 heavy (non-hydrogen) atoms. The Kier molecular flexibility index (Phi) is 7.29. The first-order chi connectivity index (χ1) is 16.6. The molecule has 6 rings (SSSR count). The van der Waals surface area contributed by atoms with E-state index in [-0.39, 0.29) is 5.60 Å². The quantitative estimate of drug-likeness (QED) is 0.432. The number of H-pyrrole nitrogens is 1. The van der Waals surface area contributed by atoms with Crippen molar-refractivity contribution in [3.63, 3.8) is 0 Å². The maximum atomic E-state index is 6.04. The zero-order chi connectivity index (χ0) is 23.4. The Labute approximate surface area is 204 Å². The molecule has 9 nitrogen and oxygen atoms in total. The molecular formula is C24H35N7O2S. The molecule has 3 aromatic heterocycles. The van der Waals surface area contributed by atoms with Crippen molar-refractivity contribution in [2.75, 3.05) is 36.9 Å². The standard InChI is InChI=1S/C20H26N6OS.C4H9NO/c1-20(2)8-14-15(11-27-20)28-18-16(14)17(23-12-6-4-3-5-7-12)25-19(26-18)24-13-9-21-22-10-13;1-3-6-4-2-5-1/h9-10,12H,3-8,11H2,1-2H3,(H,21,22)(H2,23,24,25,26);5H,1-4H2. The molecule has 3 aromatic rings. The van der Waals surface area contributed by atoms with Gasteiger partial charge in [-0.2, -0.15) is 10.1 Å². The van der Waals surface area contributed by atoms with Gasteiger partial charge in [0.05, 0.1) is 42.7 Å². The van der Waals surface area contributed by atoms with E-state index in [9.17, 15) is 0 Å². The van der Waals surface area contributed by atoms with E-state index < -0.39 is 0 Å². The monoisotopic (exact) mass is 485 g/mol. The van der Waals surface area contributed by atoms with Crippen LogP contribution in [-0.2, 0) is 22.5 Å². The van der Waals surface area contributed by atoms with Crippen LogP contribution in [0, 0.1) is 0 Å². The summed E-state index contributed by atoms with van der Waals surface area (Å²) in [6, 6.07) is 0.483. The van der Waals surface area contributed by atoms with Gasteiger partial charge in [-0.15, -0.1) is 11.3 Å². The number of thiophene rings is 1. The Balaban J connectivity index is 0.000000351. The Hall–Kier alpha value is -2.27. The normalized spacial score (nSPS) is 20.3. The van der Waals surface area contributed by atoms with Crippen LogP contribution in [0.4, 0.5) is 17.5 Å². The van der Waals surface area contributed by atoms with Gasteiger partial charge < -0.3 is 25.4 Å². The van der Waals surface area contributed by atoms with E-state index in [0.717, 1.165) is 49.1 Å². The van der Waals surface area contributed by atoms with Crippen LogP contribution in [0.5, 0.6) is 0 Å². The second kappa shape index (κ2) is 10.6. The van der Waals surface area contributed by atoms with Crippen molar-refractivity contribution in [3.8, 4) is 0 Å². The third-order valence-electron chi connectivity index (χ3n) is 6.48. The summed E-state index contributed by atoms with van der Waals surface area (Å²) in [5, 5.41) is 18.2. The number of rotatable bonds is 4. The van der Waals surface area contributed by atoms with Crippen LogP contribution in [-0.4, -0.2) is 58.1 Å². The number of hydrogen-bond donors (Lipinski definition) is 4. The number of nitrogens with one attached hydrogen (secondary N) is 4. The predicted octanol–water partition coefficient (Wildman–Crippen LogP) is 4.36. The summed E-state index contributed by atoms with van der Waals surface area (Å²) in [5.41, 5.74) is 2.05. The second-order valence-corrected chi connectivity index (χ2v) is 10.8. The third-order valence-corrected chi connectivity index (χ3v) is 7.58. The first-order valence-corrected chi connectivity index (χ1v) is 13.2. The number of aromatic amines is 1. The highest BCUT2D eigenvalue weighted by Gasteiger charge is 2.31. The lowest BCUT2D eigenvalue weighted by molar-refractivity contribution is -0.0379. The van der Waals surface area contributed by atoms with Gasteiger partial charge >= 0.3 is 0 Å². The van der Waals surface area contributed by atoms with Crippen molar-refractivity contribution in [3.05, 3.63) is 22.8 Å². The number of morpholine rings is 1. The van der Waals surface area contributed by atoms with Crippen molar-refractivity contribution in [2.24, 2.45) is 0 Å². The molecule has 1 saturated carbocycles. The topological polar surface area (TPSA) is 109 Å². The maximum Gasteiger partial charge on any atom is 0.230 e. The van der Waals surface area contributed by atoms with Gasteiger partial charge in [0.25, 0.3) is 0 Å². The van der Waals surface area contributed by atoms with Crippen molar-refractivity contribution >= 4 is 39.0 Å².